The predicted octanol–water partition coefficient (Wildman–Crippen LogP) is 3.64. The van der Waals surface area contributed by atoms with Gasteiger partial charge in [0.1, 0.15) is 0 Å². The van der Waals surface area contributed by atoms with Gasteiger partial charge in [-0.15, -0.1) is 0 Å². The fourth-order valence-electron chi connectivity index (χ4n) is 0.651. The Morgan fingerprint density at radius 3 is 1.50 bits per heavy atom. The molecule has 3 heteroatoms. The van der Waals surface area contributed by atoms with E-state index in [0.717, 1.165) is 0 Å². The Morgan fingerprint density at radius 1 is 1.20 bits per heavy atom. The van der Waals surface area contributed by atoms with Crippen LogP contribution in [0.4, 0.5) is 8.78 Å². The highest BCUT2D eigenvalue weighted by molar-refractivity contribution is 6.22. The van der Waals surface area contributed by atoms with E-state index in [9.17, 15) is 8.78 Å². The highest BCUT2D eigenvalue weighted by Gasteiger charge is 2.45. The number of hydrogen-bond donors (Lipinski definition) is 0. The number of halogens is 3. The first-order valence-electron chi connectivity index (χ1n) is 3.44. The van der Waals surface area contributed by atoms with E-state index in [1.54, 1.807) is 13.8 Å². The molecule has 0 spiro atoms. The van der Waals surface area contributed by atoms with Crippen molar-refractivity contribution >= 4 is 11.6 Å². The topological polar surface area (TPSA) is 0 Å². The van der Waals surface area contributed by atoms with E-state index < -0.39 is 10.8 Å². The second kappa shape index (κ2) is 3.04. The van der Waals surface area contributed by atoms with Gasteiger partial charge in [-0.3, -0.25) is 0 Å². The average Bonchev–Trinajstić information content (AvgIpc) is 1.84. The van der Waals surface area contributed by atoms with Crippen molar-refractivity contribution < 1.29 is 8.78 Å². The lowest BCUT2D eigenvalue weighted by Gasteiger charge is -2.30. The summed E-state index contributed by atoms with van der Waals surface area (Å²) in [7, 11) is 0. The fraction of sp³-hybridized carbons (Fsp3) is 1.00. The van der Waals surface area contributed by atoms with Crippen molar-refractivity contribution in [3.05, 3.63) is 0 Å². The van der Waals surface area contributed by atoms with Crippen LogP contribution >= 0.6 is 11.6 Å². The van der Waals surface area contributed by atoms with Gasteiger partial charge in [-0.05, 0) is 24.4 Å². The number of rotatable bonds is 3. The van der Waals surface area contributed by atoms with Gasteiger partial charge in [-0.1, -0.05) is 20.8 Å². The van der Waals surface area contributed by atoms with Crippen LogP contribution in [0.3, 0.4) is 0 Å². The summed E-state index contributed by atoms with van der Waals surface area (Å²) < 4.78 is 25.1. The molecule has 0 aliphatic rings. The number of hydrogen-bond acceptors (Lipinski definition) is 0. The molecule has 0 aromatic rings. The molecule has 0 aromatic heterocycles. The third-order valence-electron chi connectivity index (χ3n) is 2.25. The zero-order valence-corrected chi connectivity index (χ0v) is 7.30. The molecule has 0 nitrogen and oxygen atoms in total. The Hall–Kier alpha value is 0.150. The maximum atomic E-state index is 12.5. The maximum Gasteiger partial charge on any atom is 0.326 e. The van der Waals surface area contributed by atoms with Crippen LogP contribution in [-0.2, 0) is 0 Å². The summed E-state index contributed by atoms with van der Waals surface area (Å²) in [6, 6.07) is 0. The molecule has 0 amide bonds. The van der Waals surface area contributed by atoms with Crippen molar-refractivity contribution in [3.8, 4) is 0 Å². The van der Waals surface area contributed by atoms with Crippen molar-refractivity contribution in [2.75, 3.05) is 0 Å². The Morgan fingerprint density at radius 2 is 1.50 bits per heavy atom. The van der Waals surface area contributed by atoms with Gasteiger partial charge in [0.2, 0.25) is 0 Å². The molecule has 0 atom stereocenters. The molecule has 10 heavy (non-hydrogen) atoms. The number of alkyl halides is 3. The molecule has 0 saturated carbocycles. The highest BCUT2D eigenvalue weighted by Crippen LogP contribution is 2.44. The van der Waals surface area contributed by atoms with Crippen LogP contribution in [0.2, 0.25) is 0 Å². The minimum atomic E-state index is -3.07. The van der Waals surface area contributed by atoms with Crippen LogP contribution in [0.15, 0.2) is 0 Å². The van der Waals surface area contributed by atoms with Gasteiger partial charge < -0.3 is 0 Å². The van der Waals surface area contributed by atoms with Crippen LogP contribution in [0, 0.1) is 5.41 Å². The van der Waals surface area contributed by atoms with Crippen LogP contribution in [0.25, 0.3) is 0 Å². The van der Waals surface area contributed by atoms with Gasteiger partial charge in [0.15, 0.2) is 0 Å². The van der Waals surface area contributed by atoms with E-state index in [4.69, 9.17) is 11.6 Å². The summed E-state index contributed by atoms with van der Waals surface area (Å²) in [6.45, 7) is 4.94. The summed E-state index contributed by atoms with van der Waals surface area (Å²) in [5, 5.41) is -3.07. The standard InChI is InChI=1S/C7H13ClF2/c1-4-6(3,5-2)7(8,9)10/h4-5H2,1-3H3. The smallest absolute Gasteiger partial charge is 0.188 e. The second-order valence-corrected chi connectivity index (χ2v) is 3.24. The molecular weight excluding hydrogens is 158 g/mol. The predicted molar refractivity (Wildman–Crippen MR) is 39.5 cm³/mol. The van der Waals surface area contributed by atoms with Crippen LogP contribution < -0.4 is 0 Å². The van der Waals surface area contributed by atoms with Gasteiger partial charge in [0.05, 0.1) is 0 Å². The van der Waals surface area contributed by atoms with Crippen LogP contribution in [0.1, 0.15) is 33.6 Å². The van der Waals surface area contributed by atoms with Gasteiger partial charge in [-0.2, -0.15) is 8.78 Å². The lowest BCUT2D eigenvalue weighted by molar-refractivity contribution is -0.0416. The van der Waals surface area contributed by atoms with Crippen molar-refractivity contribution in [1.82, 2.24) is 0 Å². The molecule has 0 N–H and O–H groups in total. The van der Waals surface area contributed by atoms with E-state index in [1.165, 1.54) is 6.92 Å². The van der Waals surface area contributed by atoms with Crippen molar-refractivity contribution in [2.45, 2.75) is 39.0 Å². The summed E-state index contributed by atoms with van der Waals surface area (Å²) in [4.78, 5) is 0. The maximum absolute atomic E-state index is 12.5. The molecular formula is C7H13ClF2. The lowest BCUT2D eigenvalue weighted by atomic mass is 9.85. The summed E-state index contributed by atoms with van der Waals surface area (Å²) in [5.74, 6) is 0. The van der Waals surface area contributed by atoms with E-state index in [1.807, 2.05) is 0 Å². The SMILES string of the molecule is CCC(C)(CC)C(F)(F)Cl. The third kappa shape index (κ3) is 1.82. The Labute approximate surface area is 65.6 Å². The van der Waals surface area contributed by atoms with Gasteiger partial charge in [0.25, 0.3) is 0 Å². The zero-order chi connectivity index (χ0) is 8.41. The second-order valence-electron chi connectivity index (χ2n) is 2.77. The fourth-order valence-corrected chi connectivity index (χ4v) is 0.918. The molecule has 0 aliphatic heterocycles. The molecule has 0 unspecified atom stereocenters. The summed E-state index contributed by atoms with van der Waals surface area (Å²) in [6.07, 6.45) is 0.806. The molecule has 0 heterocycles. The molecule has 0 radical (unpaired) electrons. The average molecular weight is 171 g/mol. The normalized spacial score (nSPS) is 13.8. The first-order valence-corrected chi connectivity index (χ1v) is 3.82. The summed E-state index contributed by atoms with van der Waals surface area (Å²) >= 11 is 4.91. The Kier molecular flexibility index (Phi) is 3.08. The monoisotopic (exact) mass is 170 g/mol. The van der Waals surface area contributed by atoms with Crippen molar-refractivity contribution in [1.29, 1.82) is 0 Å². The first kappa shape index (κ1) is 10.2. The van der Waals surface area contributed by atoms with E-state index >= 15 is 0 Å². The minimum absolute atomic E-state index is 0.403. The summed E-state index contributed by atoms with van der Waals surface area (Å²) in [5.41, 5.74) is -1.05. The van der Waals surface area contributed by atoms with Crippen LogP contribution in [0.5, 0.6) is 0 Å². The van der Waals surface area contributed by atoms with Crippen molar-refractivity contribution in [3.63, 3.8) is 0 Å². The molecule has 0 saturated heterocycles. The van der Waals surface area contributed by atoms with Gasteiger partial charge >= 0.3 is 5.38 Å². The molecule has 0 bridgehead atoms. The molecule has 0 aromatic carbocycles. The largest absolute Gasteiger partial charge is 0.326 e. The first-order chi connectivity index (χ1) is 4.37. The third-order valence-corrected chi connectivity index (χ3v) is 2.70. The van der Waals surface area contributed by atoms with Gasteiger partial charge in [0, 0.05) is 5.41 Å². The lowest BCUT2D eigenvalue weighted by Crippen LogP contribution is -2.32. The van der Waals surface area contributed by atoms with E-state index in [0.29, 0.717) is 12.8 Å². The van der Waals surface area contributed by atoms with Crippen molar-refractivity contribution in [2.24, 2.45) is 5.41 Å². The Balaban J connectivity index is 4.33. The van der Waals surface area contributed by atoms with E-state index in [2.05, 4.69) is 0 Å². The van der Waals surface area contributed by atoms with E-state index in [-0.39, 0.29) is 0 Å². The molecule has 62 valence electrons. The molecule has 0 aliphatic carbocycles. The van der Waals surface area contributed by atoms with Gasteiger partial charge in [-0.25, -0.2) is 0 Å². The quantitative estimate of drug-likeness (QED) is 0.568. The minimum Gasteiger partial charge on any atom is -0.188 e. The Bertz CT molecular complexity index is 103. The molecule has 0 fully saturated rings. The van der Waals surface area contributed by atoms with Crippen LogP contribution in [-0.4, -0.2) is 5.38 Å². The molecule has 0 rings (SSSR count). The highest BCUT2D eigenvalue weighted by atomic mass is 35.5. The zero-order valence-electron chi connectivity index (χ0n) is 6.55.